The van der Waals surface area contributed by atoms with Crippen LogP contribution < -0.4 is 4.74 Å². The number of hydrogen-bond donors (Lipinski definition) is 0. The average Bonchev–Trinajstić information content (AvgIpc) is 2.87. The number of likely N-dealkylation sites (N-methyl/N-ethyl adjacent to an activating group) is 1. The Kier molecular flexibility index (Phi) is 6.64. The summed E-state index contributed by atoms with van der Waals surface area (Å²) in [5, 5.41) is 0.671. The van der Waals surface area contributed by atoms with Gasteiger partial charge in [-0.15, -0.1) is 0 Å². The number of carbonyl (C=O) groups is 2. The zero-order valence-electron chi connectivity index (χ0n) is 18.5. The Labute approximate surface area is 192 Å². The molecule has 0 N–H and O–H groups in total. The summed E-state index contributed by atoms with van der Waals surface area (Å²) < 4.78 is 10.6. The van der Waals surface area contributed by atoms with Crippen molar-refractivity contribution in [3.8, 4) is 17.0 Å². The molecule has 6 heteroatoms. The first-order chi connectivity index (χ1) is 16.0. The van der Waals surface area contributed by atoms with Crippen LogP contribution >= 0.6 is 0 Å². The Morgan fingerprint density at radius 3 is 2.33 bits per heavy atom. The number of aromatic nitrogens is 1. The highest BCUT2D eigenvalue weighted by atomic mass is 16.5. The van der Waals surface area contributed by atoms with Crippen molar-refractivity contribution < 1.29 is 19.1 Å². The topological polar surface area (TPSA) is 68.7 Å². The Hall–Kier alpha value is -4.19. The average molecular weight is 440 g/mol. The summed E-state index contributed by atoms with van der Waals surface area (Å²) in [6.07, 6.45) is 0. The predicted octanol–water partition coefficient (Wildman–Crippen LogP) is 4.73. The van der Waals surface area contributed by atoms with Gasteiger partial charge in [0.25, 0.3) is 5.91 Å². The highest BCUT2D eigenvalue weighted by Crippen LogP contribution is 2.26. The van der Waals surface area contributed by atoms with Crippen molar-refractivity contribution in [2.45, 2.75) is 6.54 Å². The molecule has 0 saturated carbocycles. The van der Waals surface area contributed by atoms with Crippen molar-refractivity contribution in [2.75, 3.05) is 20.8 Å². The second kappa shape index (κ2) is 9.96. The van der Waals surface area contributed by atoms with E-state index in [9.17, 15) is 9.59 Å². The second-order valence-corrected chi connectivity index (χ2v) is 7.61. The van der Waals surface area contributed by atoms with Gasteiger partial charge in [-0.05, 0) is 42.0 Å². The fourth-order valence-electron chi connectivity index (χ4n) is 3.51. The van der Waals surface area contributed by atoms with E-state index in [1.165, 1.54) is 4.90 Å². The van der Waals surface area contributed by atoms with Gasteiger partial charge in [0.1, 0.15) is 5.75 Å². The summed E-state index contributed by atoms with van der Waals surface area (Å²) in [5.41, 5.74) is 3.52. The third-order valence-corrected chi connectivity index (χ3v) is 5.34. The summed E-state index contributed by atoms with van der Waals surface area (Å²) in [7, 11) is 3.29. The number of ether oxygens (including phenoxy) is 2. The monoisotopic (exact) mass is 440 g/mol. The first-order valence-electron chi connectivity index (χ1n) is 10.5. The van der Waals surface area contributed by atoms with Crippen LogP contribution in [-0.2, 0) is 16.1 Å². The van der Waals surface area contributed by atoms with Crippen LogP contribution in [0, 0.1) is 0 Å². The van der Waals surface area contributed by atoms with Gasteiger partial charge in [0, 0.05) is 24.5 Å². The molecule has 0 atom stereocenters. The van der Waals surface area contributed by atoms with Crippen molar-refractivity contribution in [3.63, 3.8) is 0 Å². The van der Waals surface area contributed by atoms with Crippen LogP contribution in [0.25, 0.3) is 22.2 Å². The molecule has 0 fully saturated rings. The first kappa shape index (κ1) is 22.0. The van der Waals surface area contributed by atoms with Gasteiger partial charge in [0.05, 0.1) is 23.9 Å². The number of carbonyl (C=O) groups excluding carboxylic acids is 2. The molecule has 1 amide bonds. The van der Waals surface area contributed by atoms with Crippen LogP contribution in [0.15, 0.2) is 84.9 Å². The molecule has 3 aromatic carbocycles. The lowest BCUT2D eigenvalue weighted by Crippen LogP contribution is -2.30. The summed E-state index contributed by atoms with van der Waals surface area (Å²) in [4.78, 5) is 31.7. The van der Waals surface area contributed by atoms with Crippen molar-refractivity contribution in [3.05, 3.63) is 96.1 Å². The second-order valence-electron chi connectivity index (χ2n) is 7.61. The molecule has 0 aliphatic heterocycles. The zero-order chi connectivity index (χ0) is 23.2. The number of methoxy groups -OCH3 is 1. The number of para-hydroxylation sites is 1. The molecule has 1 aromatic heterocycles. The van der Waals surface area contributed by atoms with Gasteiger partial charge >= 0.3 is 5.97 Å². The quantitative estimate of drug-likeness (QED) is 0.389. The normalized spacial score (nSPS) is 10.6. The Balaban J connectivity index is 1.53. The lowest BCUT2D eigenvalue weighted by molar-refractivity contribution is -0.133. The number of amides is 1. The van der Waals surface area contributed by atoms with E-state index in [1.807, 2.05) is 78.9 Å². The van der Waals surface area contributed by atoms with E-state index >= 15 is 0 Å². The molecule has 0 aliphatic rings. The maximum atomic E-state index is 13.0. The molecule has 0 bridgehead atoms. The lowest BCUT2D eigenvalue weighted by atomic mass is 10.0. The number of esters is 1. The molecule has 0 saturated heterocycles. The highest BCUT2D eigenvalue weighted by Gasteiger charge is 2.18. The van der Waals surface area contributed by atoms with Crippen LogP contribution in [0.2, 0.25) is 0 Å². The highest BCUT2D eigenvalue weighted by molar-refractivity contribution is 6.05. The summed E-state index contributed by atoms with van der Waals surface area (Å²) in [5.74, 6) is -0.108. The Bertz CT molecular complexity index is 1270. The van der Waals surface area contributed by atoms with Crippen LogP contribution in [0.1, 0.15) is 15.9 Å². The fraction of sp³-hybridized carbons (Fsp3) is 0.148. The molecular formula is C27H24N2O4. The summed E-state index contributed by atoms with van der Waals surface area (Å²) >= 11 is 0. The summed E-state index contributed by atoms with van der Waals surface area (Å²) in [6, 6.07) is 26.2. The van der Waals surface area contributed by atoms with Gasteiger partial charge in [-0.2, -0.15) is 0 Å². The van der Waals surface area contributed by atoms with Gasteiger partial charge < -0.3 is 14.4 Å². The maximum Gasteiger partial charge on any atom is 0.339 e. The van der Waals surface area contributed by atoms with Gasteiger partial charge in [-0.3, -0.25) is 4.79 Å². The molecule has 0 radical (unpaired) electrons. The minimum absolute atomic E-state index is 0.277. The standard InChI is InChI=1S/C27H24N2O4/c1-29(17-19-8-4-3-5-9-19)26(30)18-33-27(31)23-16-25(20-12-14-21(32-2)15-13-20)28-24-11-7-6-10-22(23)24/h3-16H,17-18H2,1-2H3. The Morgan fingerprint density at radius 1 is 0.909 bits per heavy atom. The van der Waals surface area contributed by atoms with E-state index in [-0.39, 0.29) is 12.5 Å². The molecular weight excluding hydrogens is 416 g/mol. The van der Waals surface area contributed by atoms with E-state index in [4.69, 9.17) is 14.5 Å². The molecule has 4 aromatic rings. The van der Waals surface area contributed by atoms with E-state index in [0.717, 1.165) is 16.9 Å². The summed E-state index contributed by atoms with van der Waals surface area (Å²) in [6.45, 7) is 0.105. The van der Waals surface area contributed by atoms with Crippen molar-refractivity contribution in [1.82, 2.24) is 9.88 Å². The minimum Gasteiger partial charge on any atom is -0.497 e. The third-order valence-electron chi connectivity index (χ3n) is 5.34. The first-order valence-corrected chi connectivity index (χ1v) is 10.5. The van der Waals surface area contributed by atoms with Crippen LogP contribution in [0.4, 0.5) is 0 Å². The molecule has 1 heterocycles. The van der Waals surface area contributed by atoms with Crippen molar-refractivity contribution in [1.29, 1.82) is 0 Å². The van der Waals surface area contributed by atoms with Gasteiger partial charge in [-0.1, -0.05) is 48.5 Å². The molecule has 6 nitrogen and oxygen atoms in total. The third kappa shape index (κ3) is 5.18. The SMILES string of the molecule is COc1ccc(-c2cc(C(=O)OCC(=O)N(C)Cc3ccccc3)c3ccccc3n2)cc1. The van der Waals surface area contributed by atoms with Gasteiger partial charge in [0.15, 0.2) is 6.61 Å². The number of rotatable bonds is 7. The lowest BCUT2D eigenvalue weighted by Gasteiger charge is -2.17. The number of nitrogens with zero attached hydrogens (tertiary/aromatic N) is 2. The number of benzene rings is 3. The fourth-order valence-corrected chi connectivity index (χ4v) is 3.51. The molecule has 33 heavy (non-hydrogen) atoms. The Morgan fingerprint density at radius 2 is 1.61 bits per heavy atom. The van der Waals surface area contributed by atoms with E-state index in [2.05, 4.69) is 0 Å². The van der Waals surface area contributed by atoms with Gasteiger partial charge in [-0.25, -0.2) is 9.78 Å². The molecule has 4 rings (SSSR count). The van der Waals surface area contributed by atoms with Crippen molar-refractivity contribution >= 4 is 22.8 Å². The maximum absolute atomic E-state index is 13.0. The van der Waals surface area contributed by atoms with Crippen LogP contribution in [0.3, 0.4) is 0 Å². The largest absolute Gasteiger partial charge is 0.497 e. The van der Waals surface area contributed by atoms with Crippen molar-refractivity contribution in [2.24, 2.45) is 0 Å². The number of pyridine rings is 1. The molecule has 0 aliphatic carbocycles. The molecule has 166 valence electrons. The van der Waals surface area contributed by atoms with E-state index in [1.54, 1.807) is 20.2 Å². The van der Waals surface area contributed by atoms with E-state index < -0.39 is 5.97 Å². The van der Waals surface area contributed by atoms with Gasteiger partial charge in [0.2, 0.25) is 0 Å². The minimum atomic E-state index is -0.565. The number of fused-ring (bicyclic) bond motifs is 1. The molecule has 0 spiro atoms. The molecule has 0 unspecified atom stereocenters. The van der Waals surface area contributed by atoms with E-state index in [0.29, 0.717) is 28.7 Å². The smallest absolute Gasteiger partial charge is 0.339 e. The van der Waals surface area contributed by atoms with Crippen LogP contribution in [-0.4, -0.2) is 42.5 Å². The number of hydrogen-bond acceptors (Lipinski definition) is 5. The zero-order valence-corrected chi connectivity index (χ0v) is 18.5. The predicted molar refractivity (Wildman–Crippen MR) is 127 cm³/mol. The van der Waals surface area contributed by atoms with Crippen LogP contribution in [0.5, 0.6) is 5.75 Å².